The summed E-state index contributed by atoms with van der Waals surface area (Å²) in [5.74, 6) is -1.62. The number of primary amides is 1. The minimum absolute atomic E-state index is 0.0634. The lowest BCUT2D eigenvalue weighted by atomic mass is 10.0. The normalized spacial score (nSPS) is 13.7. The summed E-state index contributed by atoms with van der Waals surface area (Å²) in [6, 6.07) is 3.49. The second kappa shape index (κ2) is 8.78. The summed E-state index contributed by atoms with van der Waals surface area (Å²) in [6.07, 6.45) is 0. The van der Waals surface area contributed by atoms with E-state index in [4.69, 9.17) is 17.3 Å². The van der Waals surface area contributed by atoms with Crippen molar-refractivity contribution in [3.8, 4) is 11.3 Å². The number of hydrogen-bond donors (Lipinski definition) is 3. The monoisotopic (exact) mass is 464 g/mol. The van der Waals surface area contributed by atoms with Gasteiger partial charge in [0.25, 0.3) is 5.91 Å². The number of amides is 4. The second-order valence-corrected chi connectivity index (χ2v) is 8.90. The molecule has 3 rings (SSSR count). The zero-order valence-electron chi connectivity index (χ0n) is 18.3. The van der Waals surface area contributed by atoms with Gasteiger partial charge < -0.3 is 21.3 Å². The van der Waals surface area contributed by atoms with Crippen LogP contribution in [0.3, 0.4) is 0 Å². The molecular formula is C21H26ClFN6O3. The molecule has 32 heavy (non-hydrogen) atoms. The van der Waals surface area contributed by atoms with Crippen LogP contribution in [0.15, 0.2) is 18.2 Å². The van der Waals surface area contributed by atoms with E-state index in [0.717, 1.165) is 0 Å². The standard InChI is InChI=1S/C21H26ClFN6O3/c1-11(2)25-19(31)21(3,4)26-20(32)28-7-8-29-15(10-28)16(18(24)30)17(27-29)12-5-6-14(23)13(22)9-12/h5-6,9,11H,7-8,10H2,1-4H3,(H2,24,30)(H,25,31)(H,26,32). The van der Waals surface area contributed by atoms with Crippen LogP contribution >= 0.6 is 11.6 Å². The molecule has 1 aliphatic heterocycles. The Morgan fingerprint density at radius 2 is 1.94 bits per heavy atom. The molecule has 4 N–H and O–H groups in total. The van der Waals surface area contributed by atoms with E-state index in [1.807, 2.05) is 13.8 Å². The first kappa shape index (κ1) is 23.5. The van der Waals surface area contributed by atoms with Crippen LogP contribution in [0.5, 0.6) is 0 Å². The van der Waals surface area contributed by atoms with Gasteiger partial charge in [0.1, 0.15) is 17.1 Å². The Bertz CT molecular complexity index is 1080. The minimum Gasteiger partial charge on any atom is -0.365 e. The Hall–Kier alpha value is -3.14. The third-order valence-corrected chi connectivity index (χ3v) is 5.40. The van der Waals surface area contributed by atoms with Crippen molar-refractivity contribution in [1.29, 1.82) is 0 Å². The van der Waals surface area contributed by atoms with E-state index < -0.39 is 23.3 Å². The Labute approximate surface area is 190 Å². The summed E-state index contributed by atoms with van der Waals surface area (Å²) < 4.78 is 15.2. The molecule has 0 saturated heterocycles. The lowest BCUT2D eigenvalue weighted by molar-refractivity contribution is -0.126. The lowest BCUT2D eigenvalue weighted by Gasteiger charge is -2.33. The number of nitrogens with one attached hydrogen (secondary N) is 2. The molecule has 0 atom stereocenters. The summed E-state index contributed by atoms with van der Waals surface area (Å²) in [5.41, 5.74) is 5.80. The largest absolute Gasteiger partial charge is 0.365 e. The third kappa shape index (κ3) is 4.69. The van der Waals surface area contributed by atoms with Crippen molar-refractivity contribution in [3.63, 3.8) is 0 Å². The second-order valence-electron chi connectivity index (χ2n) is 8.49. The van der Waals surface area contributed by atoms with E-state index >= 15 is 0 Å². The summed E-state index contributed by atoms with van der Waals surface area (Å²) in [5, 5.41) is 9.86. The van der Waals surface area contributed by atoms with Gasteiger partial charge in [0, 0.05) is 18.2 Å². The van der Waals surface area contributed by atoms with Crippen molar-refractivity contribution in [1.82, 2.24) is 25.3 Å². The molecule has 1 aromatic heterocycles. The molecule has 11 heteroatoms. The fourth-order valence-electron chi connectivity index (χ4n) is 3.44. The SMILES string of the molecule is CC(C)NC(=O)C(C)(C)NC(=O)N1CCn2nc(-c3ccc(F)c(Cl)c3)c(C(N)=O)c2C1. The van der Waals surface area contributed by atoms with Crippen LogP contribution in [-0.2, 0) is 17.9 Å². The van der Waals surface area contributed by atoms with Gasteiger partial charge in [-0.2, -0.15) is 5.10 Å². The summed E-state index contributed by atoms with van der Waals surface area (Å²) in [4.78, 5) is 39.0. The zero-order chi connectivity index (χ0) is 23.8. The van der Waals surface area contributed by atoms with Crippen molar-refractivity contribution in [3.05, 3.63) is 40.3 Å². The van der Waals surface area contributed by atoms with Crippen LogP contribution < -0.4 is 16.4 Å². The lowest BCUT2D eigenvalue weighted by Crippen LogP contribution is -2.59. The van der Waals surface area contributed by atoms with E-state index in [1.165, 1.54) is 23.1 Å². The summed E-state index contributed by atoms with van der Waals surface area (Å²) in [6.45, 7) is 7.58. The molecule has 0 radical (unpaired) electrons. The number of aromatic nitrogens is 2. The molecule has 0 saturated carbocycles. The van der Waals surface area contributed by atoms with Gasteiger partial charge in [-0.3, -0.25) is 14.3 Å². The number of nitrogens with two attached hydrogens (primary N) is 1. The van der Waals surface area contributed by atoms with Gasteiger partial charge in [0.2, 0.25) is 5.91 Å². The first-order chi connectivity index (χ1) is 14.9. The maximum Gasteiger partial charge on any atom is 0.318 e. The number of halogens is 2. The molecule has 0 spiro atoms. The number of rotatable bonds is 5. The van der Waals surface area contributed by atoms with Gasteiger partial charge in [0.15, 0.2) is 0 Å². The average molecular weight is 465 g/mol. The van der Waals surface area contributed by atoms with Crippen LogP contribution in [0.2, 0.25) is 5.02 Å². The van der Waals surface area contributed by atoms with Crippen LogP contribution in [-0.4, -0.2) is 50.7 Å². The van der Waals surface area contributed by atoms with E-state index in [-0.39, 0.29) is 34.8 Å². The van der Waals surface area contributed by atoms with E-state index in [1.54, 1.807) is 18.5 Å². The molecule has 2 heterocycles. The highest BCUT2D eigenvalue weighted by Gasteiger charge is 2.34. The summed E-state index contributed by atoms with van der Waals surface area (Å²) in [7, 11) is 0. The highest BCUT2D eigenvalue weighted by atomic mass is 35.5. The molecule has 4 amide bonds. The fourth-order valence-corrected chi connectivity index (χ4v) is 3.62. The summed E-state index contributed by atoms with van der Waals surface area (Å²) >= 11 is 5.89. The zero-order valence-corrected chi connectivity index (χ0v) is 19.1. The molecular weight excluding hydrogens is 439 g/mol. The van der Waals surface area contributed by atoms with Crippen molar-refractivity contribution >= 4 is 29.4 Å². The average Bonchev–Trinajstić information content (AvgIpc) is 3.08. The van der Waals surface area contributed by atoms with Gasteiger partial charge in [-0.15, -0.1) is 0 Å². The predicted molar refractivity (Wildman–Crippen MR) is 117 cm³/mol. The molecule has 1 aromatic carbocycles. The van der Waals surface area contributed by atoms with Gasteiger partial charge in [-0.25, -0.2) is 9.18 Å². The maximum atomic E-state index is 13.6. The van der Waals surface area contributed by atoms with Crippen molar-refractivity contribution in [2.24, 2.45) is 5.73 Å². The number of urea groups is 1. The van der Waals surface area contributed by atoms with E-state index in [9.17, 15) is 18.8 Å². The molecule has 0 unspecified atom stereocenters. The van der Waals surface area contributed by atoms with Crippen LogP contribution in [0.1, 0.15) is 43.7 Å². The molecule has 172 valence electrons. The quantitative estimate of drug-likeness (QED) is 0.628. The predicted octanol–water partition coefficient (Wildman–Crippen LogP) is 2.27. The topological polar surface area (TPSA) is 122 Å². The number of fused-ring (bicyclic) bond motifs is 1. The number of carbonyl (C=O) groups excluding carboxylic acids is 3. The van der Waals surface area contributed by atoms with Gasteiger partial charge in [0.05, 0.1) is 29.4 Å². The van der Waals surface area contributed by atoms with E-state index in [0.29, 0.717) is 24.3 Å². The van der Waals surface area contributed by atoms with Crippen LogP contribution in [0.25, 0.3) is 11.3 Å². The number of carbonyl (C=O) groups is 3. The van der Waals surface area contributed by atoms with Crippen LogP contribution in [0.4, 0.5) is 9.18 Å². The van der Waals surface area contributed by atoms with E-state index in [2.05, 4.69) is 15.7 Å². The smallest absolute Gasteiger partial charge is 0.318 e. The minimum atomic E-state index is -1.14. The Kier molecular flexibility index (Phi) is 6.45. The number of benzene rings is 1. The maximum absolute atomic E-state index is 13.6. The van der Waals surface area contributed by atoms with Crippen molar-refractivity contribution in [2.45, 2.75) is 52.4 Å². The Morgan fingerprint density at radius 3 is 2.53 bits per heavy atom. The number of hydrogen-bond acceptors (Lipinski definition) is 4. The van der Waals surface area contributed by atoms with Crippen LogP contribution in [0, 0.1) is 5.82 Å². The molecule has 2 aromatic rings. The van der Waals surface area contributed by atoms with Crippen molar-refractivity contribution < 1.29 is 18.8 Å². The molecule has 0 bridgehead atoms. The molecule has 0 fully saturated rings. The highest BCUT2D eigenvalue weighted by Crippen LogP contribution is 2.30. The Balaban J connectivity index is 1.87. The highest BCUT2D eigenvalue weighted by molar-refractivity contribution is 6.31. The Morgan fingerprint density at radius 1 is 1.25 bits per heavy atom. The molecule has 1 aliphatic rings. The first-order valence-electron chi connectivity index (χ1n) is 10.1. The third-order valence-electron chi connectivity index (χ3n) is 5.11. The van der Waals surface area contributed by atoms with Crippen molar-refractivity contribution in [2.75, 3.05) is 6.54 Å². The molecule has 9 nitrogen and oxygen atoms in total. The van der Waals surface area contributed by atoms with Gasteiger partial charge in [-0.05, 0) is 45.9 Å². The fraction of sp³-hybridized carbons (Fsp3) is 0.429. The molecule has 0 aliphatic carbocycles. The number of nitrogens with zero attached hydrogens (tertiary/aromatic N) is 3. The van der Waals surface area contributed by atoms with Gasteiger partial charge in [-0.1, -0.05) is 11.6 Å². The first-order valence-corrected chi connectivity index (χ1v) is 10.5. The van der Waals surface area contributed by atoms with Gasteiger partial charge >= 0.3 is 6.03 Å².